The van der Waals surface area contributed by atoms with Gasteiger partial charge in [-0.15, -0.1) is 47.0 Å². The molecule has 5 aromatic carbocycles. The first-order chi connectivity index (χ1) is 17.6. The molecule has 0 fully saturated rings. The van der Waals surface area contributed by atoms with E-state index in [1.807, 2.05) is 6.07 Å². The summed E-state index contributed by atoms with van der Waals surface area (Å²) >= 11 is 1.46. The number of hydrogen-bond donors (Lipinski definition) is 0. The number of hydrogen-bond acceptors (Lipinski definition) is 1. The second-order valence-electron chi connectivity index (χ2n) is 8.78. The van der Waals surface area contributed by atoms with Gasteiger partial charge in [0.15, 0.2) is 0 Å². The van der Waals surface area contributed by atoms with Crippen molar-refractivity contribution in [3.05, 3.63) is 144 Å². The summed E-state index contributed by atoms with van der Waals surface area (Å²) in [5.41, 5.74) is 5.51. The van der Waals surface area contributed by atoms with E-state index in [1.165, 1.54) is 71.3 Å². The van der Waals surface area contributed by atoms with Gasteiger partial charge in [-0.1, -0.05) is 37.3 Å². The van der Waals surface area contributed by atoms with Crippen molar-refractivity contribution in [2.45, 2.75) is 20.3 Å². The third kappa shape index (κ3) is 6.51. The van der Waals surface area contributed by atoms with Gasteiger partial charge in [-0.05, 0) is 6.07 Å². The second-order valence-corrected chi connectivity index (χ2v) is 10.0. The Bertz CT molecular complexity index is 1460. The van der Waals surface area contributed by atoms with E-state index in [4.69, 9.17) is 4.74 Å². The van der Waals surface area contributed by atoms with Gasteiger partial charge in [-0.3, -0.25) is 6.08 Å². The van der Waals surface area contributed by atoms with Gasteiger partial charge in [0.05, 0.1) is 12.9 Å². The van der Waals surface area contributed by atoms with Gasteiger partial charge in [0.2, 0.25) is 0 Å². The first-order valence-corrected chi connectivity index (χ1v) is 13.3. The molecule has 0 spiro atoms. The van der Waals surface area contributed by atoms with E-state index in [0.29, 0.717) is 0 Å². The Labute approximate surface area is 229 Å². The Morgan fingerprint density at radius 1 is 0.750 bits per heavy atom. The Morgan fingerprint density at radius 2 is 1.33 bits per heavy atom. The molecule has 0 heterocycles. The van der Waals surface area contributed by atoms with E-state index < -0.39 is 0 Å². The summed E-state index contributed by atoms with van der Waals surface area (Å²) in [4.78, 5) is 0. The van der Waals surface area contributed by atoms with Gasteiger partial charge >= 0.3 is 99.2 Å². The molecule has 0 saturated heterocycles. The Hall–Kier alpha value is -3.22. The fourth-order valence-electron chi connectivity index (χ4n) is 4.06. The molecular weight excluding hydrogens is 516 g/mol. The summed E-state index contributed by atoms with van der Waals surface area (Å²) in [5.74, 6) is 0.915. The molecule has 176 valence electrons. The van der Waals surface area contributed by atoms with Crippen molar-refractivity contribution in [1.29, 1.82) is 0 Å². The number of methoxy groups -OCH3 is 1. The second kappa shape index (κ2) is 12.7. The fraction of sp³-hybridized carbons (Fsp3) is 0.118. The Balaban J connectivity index is 0.000000135. The van der Waals surface area contributed by atoms with Crippen LogP contribution in [0.25, 0.3) is 21.5 Å². The summed E-state index contributed by atoms with van der Waals surface area (Å²) in [7, 11) is 1.70. The van der Waals surface area contributed by atoms with Crippen molar-refractivity contribution >= 4 is 24.8 Å². The summed E-state index contributed by atoms with van der Waals surface area (Å²) in [5, 5.41) is 5.15. The van der Waals surface area contributed by atoms with Crippen LogP contribution in [-0.2, 0) is 24.2 Å². The Morgan fingerprint density at radius 3 is 1.86 bits per heavy atom. The predicted molar refractivity (Wildman–Crippen MR) is 150 cm³/mol. The van der Waals surface area contributed by atoms with Crippen molar-refractivity contribution in [1.82, 2.24) is 0 Å². The molecule has 0 amide bonds. The third-order valence-electron chi connectivity index (χ3n) is 6.30. The molecular formula is C34H30OZr. The molecule has 6 rings (SSSR count). The van der Waals surface area contributed by atoms with Crippen molar-refractivity contribution in [3.63, 3.8) is 0 Å². The SMILES string of the molecule is CC1=C(C)C[C-]=C1.COc1ccc2c(c1)[cH-]c1ccccc12.[Zr+2]=[C](c1ccccc1)c1ccccc1. The van der Waals surface area contributed by atoms with Gasteiger partial charge in [0, 0.05) is 0 Å². The van der Waals surface area contributed by atoms with Crippen molar-refractivity contribution in [3.8, 4) is 5.75 Å². The molecule has 36 heavy (non-hydrogen) atoms. The summed E-state index contributed by atoms with van der Waals surface area (Å²) < 4.78 is 6.63. The summed E-state index contributed by atoms with van der Waals surface area (Å²) in [6.07, 6.45) is 6.22. The number of allylic oxidation sites excluding steroid dienone is 4. The molecule has 0 unspecified atom stereocenters. The van der Waals surface area contributed by atoms with Gasteiger partial charge in [-0.2, -0.15) is 5.57 Å². The standard InChI is InChI=1S/C14H11O.C13H10.C7H9.Zr/c1-15-12-6-7-14-11(9-12)8-10-4-2-3-5-13(10)14;1-3-7-12(8-4-1)11-13-9-5-2-6-10-13;1-6-4-3-5-7(6)2;/h2-9H,1H3;1-10H;4H,5H2,1-2H3;/q-1;;-1;+2. The molecule has 5 aromatic rings. The molecule has 0 aromatic heterocycles. The van der Waals surface area contributed by atoms with Crippen LogP contribution in [0.1, 0.15) is 31.4 Å². The maximum absolute atomic E-state index is 5.22. The minimum atomic E-state index is 0.915. The van der Waals surface area contributed by atoms with Gasteiger partial charge < -0.3 is 4.74 Å². The van der Waals surface area contributed by atoms with E-state index in [2.05, 4.69) is 129 Å². The summed E-state index contributed by atoms with van der Waals surface area (Å²) in [6, 6.07) is 38.0. The fourth-order valence-corrected chi connectivity index (χ4v) is 4.88. The van der Waals surface area contributed by atoms with E-state index in [9.17, 15) is 0 Å². The van der Waals surface area contributed by atoms with Crippen LogP contribution in [0.2, 0.25) is 0 Å². The van der Waals surface area contributed by atoms with Crippen LogP contribution < -0.4 is 4.74 Å². The zero-order chi connectivity index (χ0) is 25.3. The van der Waals surface area contributed by atoms with Crippen LogP contribution >= 0.6 is 0 Å². The quantitative estimate of drug-likeness (QED) is 0.206. The van der Waals surface area contributed by atoms with E-state index in [1.54, 1.807) is 7.11 Å². The van der Waals surface area contributed by atoms with Crippen LogP contribution in [0.3, 0.4) is 0 Å². The van der Waals surface area contributed by atoms with Gasteiger partial charge in [0.25, 0.3) is 0 Å². The van der Waals surface area contributed by atoms with Gasteiger partial charge in [-0.25, -0.2) is 11.6 Å². The van der Waals surface area contributed by atoms with Crippen molar-refractivity contribution in [2.75, 3.05) is 7.11 Å². The Kier molecular flexibility index (Phi) is 9.09. The molecule has 0 bridgehead atoms. The van der Waals surface area contributed by atoms with Crippen molar-refractivity contribution in [2.24, 2.45) is 0 Å². The number of fused-ring (bicyclic) bond motifs is 3. The van der Waals surface area contributed by atoms with E-state index >= 15 is 0 Å². The topological polar surface area (TPSA) is 9.23 Å². The molecule has 0 saturated carbocycles. The first-order valence-electron chi connectivity index (χ1n) is 12.1. The number of rotatable bonds is 3. The first kappa shape index (κ1) is 25.9. The zero-order valence-electron chi connectivity index (χ0n) is 21.1. The molecule has 1 nitrogen and oxygen atoms in total. The van der Waals surface area contributed by atoms with Crippen LogP contribution in [-0.4, -0.2) is 10.3 Å². The average molecular weight is 546 g/mol. The van der Waals surface area contributed by atoms with Crippen molar-refractivity contribution < 1.29 is 29.0 Å². The monoisotopic (exact) mass is 544 g/mol. The molecule has 0 aliphatic heterocycles. The van der Waals surface area contributed by atoms with Gasteiger partial charge in [0.1, 0.15) is 0 Å². The summed E-state index contributed by atoms with van der Waals surface area (Å²) in [6.45, 7) is 4.27. The third-order valence-corrected chi connectivity index (χ3v) is 7.72. The minimum absolute atomic E-state index is 0.915. The molecule has 0 atom stereocenters. The zero-order valence-corrected chi connectivity index (χ0v) is 23.5. The molecule has 2 heteroatoms. The predicted octanol–water partition coefficient (Wildman–Crippen LogP) is 8.61. The molecule has 0 radical (unpaired) electrons. The van der Waals surface area contributed by atoms with Crippen LogP contribution in [0.15, 0.2) is 126 Å². The normalized spacial score (nSPS) is 12.1. The molecule has 1 aliphatic carbocycles. The van der Waals surface area contributed by atoms with E-state index in [0.717, 1.165) is 12.2 Å². The van der Waals surface area contributed by atoms with Crippen LogP contribution in [0.4, 0.5) is 0 Å². The van der Waals surface area contributed by atoms with Crippen LogP contribution in [0.5, 0.6) is 5.75 Å². The van der Waals surface area contributed by atoms with E-state index in [-0.39, 0.29) is 0 Å². The molecule has 0 N–H and O–H groups in total. The number of benzene rings is 4. The average Bonchev–Trinajstić information content (AvgIpc) is 3.51. The van der Waals surface area contributed by atoms with Crippen LogP contribution in [0, 0.1) is 6.08 Å². The molecule has 1 aliphatic rings. The maximum atomic E-state index is 5.22. The number of ether oxygens (including phenoxy) is 1.